The first-order valence-electron chi connectivity index (χ1n) is 4.91. The first-order valence-corrected chi connectivity index (χ1v) is 6.52. The van der Waals surface area contributed by atoms with E-state index in [1.807, 2.05) is 6.07 Å². The third-order valence-electron chi connectivity index (χ3n) is 2.14. The van der Waals surface area contributed by atoms with Gasteiger partial charge in [0, 0.05) is 10.4 Å². The molecule has 1 aromatic heterocycles. The normalized spacial score (nSPS) is 10.4. The fraction of sp³-hybridized carbons (Fsp3) is 0.0833. The average molecular weight is 333 g/mol. The molecule has 0 saturated heterocycles. The topological polar surface area (TPSA) is 26.3 Å². The Morgan fingerprint density at radius 3 is 2.44 bits per heavy atom. The maximum absolute atomic E-state index is 13.5. The van der Waals surface area contributed by atoms with Crippen LogP contribution in [0.15, 0.2) is 28.1 Å². The third kappa shape index (κ3) is 2.94. The Hall–Kier alpha value is -1.27. The van der Waals surface area contributed by atoms with Crippen molar-refractivity contribution in [1.82, 2.24) is 0 Å². The number of carbonyl (C=O) groups excluding carboxylic acids is 1. The van der Waals surface area contributed by atoms with Gasteiger partial charge in [0.25, 0.3) is 0 Å². The van der Waals surface area contributed by atoms with Crippen molar-refractivity contribution in [2.24, 2.45) is 0 Å². The quantitative estimate of drug-likeness (QED) is 0.785. The first kappa shape index (κ1) is 13.2. The molecule has 0 aliphatic carbocycles. The van der Waals surface area contributed by atoms with Crippen LogP contribution in [0.1, 0.15) is 15.2 Å². The molecule has 0 bridgehead atoms. The second-order valence-electron chi connectivity index (χ2n) is 3.43. The van der Waals surface area contributed by atoms with Gasteiger partial charge in [-0.1, -0.05) is 0 Å². The summed E-state index contributed by atoms with van der Waals surface area (Å²) < 4.78 is 33.0. The molecule has 1 heterocycles. The van der Waals surface area contributed by atoms with Gasteiger partial charge >= 0.3 is 0 Å². The molecule has 6 heteroatoms. The van der Waals surface area contributed by atoms with Gasteiger partial charge in [0.2, 0.25) is 0 Å². The Morgan fingerprint density at radius 2 is 1.94 bits per heavy atom. The number of halogens is 3. The number of hydrogen-bond acceptors (Lipinski definition) is 3. The van der Waals surface area contributed by atoms with Gasteiger partial charge in [-0.2, -0.15) is 0 Å². The lowest BCUT2D eigenvalue weighted by Crippen LogP contribution is -1.99. The SMILES string of the molecule is O=Cc1cc(F)c(OCc2ccc(Br)s2)c(F)c1. The van der Waals surface area contributed by atoms with Crippen LogP contribution in [-0.4, -0.2) is 6.29 Å². The highest BCUT2D eigenvalue weighted by Crippen LogP contribution is 2.26. The molecule has 0 N–H and O–H groups in total. The summed E-state index contributed by atoms with van der Waals surface area (Å²) in [6.45, 7) is 0.0740. The van der Waals surface area contributed by atoms with Crippen LogP contribution < -0.4 is 4.74 Å². The van der Waals surface area contributed by atoms with Crippen LogP contribution in [0.25, 0.3) is 0 Å². The van der Waals surface area contributed by atoms with E-state index in [0.717, 1.165) is 20.8 Å². The summed E-state index contributed by atoms with van der Waals surface area (Å²) in [7, 11) is 0. The maximum atomic E-state index is 13.5. The zero-order valence-corrected chi connectivity index (χ0v) is 11.4. The van der Waals surface area contributed by atoms with Crippen LogP contribution in [0.4, 0.5) is 8.78 Å². The van der Waals surface area contributed by atoms with Crippen LogP contribution in [0, 0.1) is 11.6 Å². The number of thiophene rings is 1. The summed E-state index contributed by atoms with van der Waals surface area (Å²) in [5.74, 6) is -2.23. The highest BCUT2D eigenvalue weighted by atomic mass is 79.9. The summed E-state index contributed by atoms with van der Waals surface area (Å²) in [6, 6.07) is 5.50. The monoisotopic (exact) mass is 332 g/mol. The zero-order valence-electron chi connectivity index (χ0n) is 8.95. The van der Waals surface area contributed by atoms with E-state index in [9.17, 15) is 13.6 Å². The lowest BCUT2D eigenvalue weighted by molar-refractivity contribution is 0.112. The molecule has 0 amide bonds. The molecule has 0 radical (unpaired) electrons. The number of benzene rings is 1. The largest absolute Gasteiger partial charge is 0.482 e. The lowest BCUT2D eigenvalue weighted by Gasteiger charge is -2.07. The van der Waals surface area contributed by atoms with Gasteiger partial charge in [0.15, 0.2) is 17.4 Å². The van der Waals surface area contributed by atoms with Gasteiger partial charge in [-0.05, 0) is 40.2 Å². The van der Waals surface area contributed by atoms with Crippen LogP contribution in [0.3, 0.4) is 0 Å². The lowest BCUT2D eigenvalue weighted by atomic mass is 10.2. The second kappa shape index (κ2) is 5.58. The molecular weight excluding hydrogens is 326 g/mol. The molecule has 2 rings (SSSR count). The van der Waals surface area contributed by atoms with E-state index >= 15 is 0 Å². The highest BCUT2D eigenvalue weighted by molar-refractivity contribution is 9.11. The van der Waals surface area contributed by atoms with Crippen LogP contribution in [0.5, 0.6) is 5.75 Å². The minimum Gasteiger partial charge on any atom is -0.482 e. The first-order chi connectivity index (χ1) is 8.60. The zero-order chi connectivity index (χ0) is 13.1. The molecule has 0 saturated carbocycles. The fourth-order valence-corrected chi connectivity index (χ4v) is 2.75. The van der Waals surface area contributed by atoms with Crippen molar-refractivity contribution < 1.29 is 18.3 Å². The van der Waals surface area contributed by atoms with Gasteiger partial charge in [0.05, 0.1) is 3.79 Å². The number of aldehydes is 1. The summed E-state index contributed by atoms with van der Waals surface area (Å²) in [5, 5.41) is 0. The van der Waals surface area contributed by atoms with Crippen molar-refractivity contribution in [1.29, 1.82) is 0 Å². The molecule has 0 unspecified atom stereocenters. The van der Waals surface area contributed by atoms with Gasteiger partial charge in [-0.3, -0.25) is 4.79 Å². The molecular formula is C12H7BrF2O2S. The molecule has 0 aliphatic rings. The Balaban J connectivity index is 2.16. The molecule has 2 nitrogen and oxygen atoms in total. The van der Waals surface area contributed by atoms with Crippen molar-refractivity contribution in [2.45, 2.75) is 6.61 Å². The molecule has 94 valence electrons. The predicted molar refractivity (Wildman–Crippen MR) is 68.1 cm³/mol. The van der Waals surface area contributed by atoms with E-state index in [-0.39, 0.29) is 12.2 Å². The Labute approximate surface area is 114 Å². The number of hydrogen-bond donors (Lipinski definition) is 0. The number of ether oxygens (including phenoxy) is 1. The van der Waals surface area contributed by atoms with E-state index < -0.39 is 17.4 Å². The van der Waals surface area contributed by atoms with E-state index in [2.05, 4.69) is 15.9 Å². The fourth-order valence-electron chi connectivity index (χ4n) is 1.36. The minimum atomic E-state index is -0.882. The van der Waals surface area contributed by atoms with Crippen molar-refractivity contribution >= 4 is 33.6 Å². The predicted octanol–water partition coefficient (Wildman–Crippen LogP) is 4.18. The highest BCUT2D eigenvalue weighted by Gasteiger charge is 2.13. The van der Waals surface area contributed by atoms with Crippen molar-refractivity contribution in [3.8, 4) is 5.75 Å². The molecule has 18 heavy (non-hydrogen) atoms. The molecule has 0 atom stereocenters. The molecule has 1 aromatic carbocycles. The van der Waals surface area contributed by atoms with E-state index in [4.69, 9.17) is 4.74 Å². The number of rotatable bonds is 4. The summed E-state index contributed by atoms with van der Waals surface area (Å²) in [5.41, 5.74) is -0.0591. The summed E-state index contributed by atoms with van der Waals surface area (Å²) in [6.07, 6.45) is 0.381. The Morgan fingerprint density at radius 1 is 1.28 bits per heavy atom. The smallest absolute Gasteiger partial charge is 0.191 e. The Bertz CT molecular complexity index is 560. The van der Waals surface area contributed by atoms with Crippen molar-refractivity contribution in [3.63, 3.8) is 0 Å². The van der Waals surface area contributed by atoms with Crippen molar-refractivity contribution in [3.05, 3.63) is 50.1 Å². The molecule has 0 fully saturated rings. The second-order valence-corrected chi connectivity index (χ2v) is 5.97. The summed E-state index contributed by atoms with van der Waals surface area (Å²) in [4.78, 5) is 11.3. The third-order valence-corrected chi connectivity index (χ3v) is 3.74. The van der Waals surface area contributed by atoms with Gasteiger partial charge in [-0.15, -0.1) is 11.3 Å². The Kier molecular flexibility index (Phi) is 4.08. The molecule has 0 spiro atoms. The maximum Gasteiger partial charge on any atom is 0.191 e. The molecule has 2 aromatic rings. The van der Waals surface area contributed by atoms with E-state index in [1.165, 1.54) is 11.3 Å². The van der Waals surface area contributed by atoms with Crippen LogP contribution in [-0.2, 0) is 6.61 Å². The van der Waals surface area contributed by atoms with Crippen LogP contribution >= 0.6 is 27.3 Å². The standard InChI is InChI=1S/C12H7BrF2O2S/c13-11-2-1-8(18-11)6-17-12-9(14)3-7(5-16)4-10(12)15/h1-5H,6H2. The van der Waals surface area contributed by atoms with E-state index in [0.29, 0.717) is 6.29 Å². The summed E-state index contributed by atoms with van der Waals surface area (Å²) >= 11 is 4.70. The van der Waals surface area contributed by atoms with Gasteiger partial charge in [0.1, 0.15) is 12.9 Å². The van der Waals surface area contributed by atoms with Crippen molar-refractivity contribution in [2.75, 3.05) is 0 Å². The van der Waals surface area contributed by atoms with E-state index in [1.54, 1.807) is 6.07 Å². The number of carbonyl (C=O) groups is 1. The van der Waals surface area contributed by atoms with Crippen LogP contribution in [0.2, 0.25) is 0 Å². The van der Waals surface area contributed by atoms with Gasteiger partial charge < -0.3 is 4.74 Å². The molecule has 0 aliphatic heterocycles. The van der Waals surface area contributed by atoms with Gasteiger partial charge in [-0.25, -0.2) is 8.78 Å². The average Bonchev–Trinajstić information content (AvgIpc) is 2.73. The minimum absolute atomic E-state index is 0.0591.